The number of hydrogen-bond donors (Lipinski definition) is 0. The van der Waals surface area contributed by atoms with Gasteiger partial charge in [0.15, 0.2) is 0 Å². The molecule has 0 bridgehead atoms. The molecule has 1 atom stereocenters. The lowest BCUT2D eigenvalue weighted by Crippen LogP contribution is -2.31. The van der Waals surface area contributed by atoms with Crippen molar-refractivity contribution in [2.45, 2.75) is 25.8 Å². The van der Waals surface area contributed by atoms with E-state index >= 15 is 0 Å². The topological polar surface area (TPSA) is 81.4 Å². The third-order valence-corrected chi connectivity index (χ3v) is 4.58. The van der Waals surface area contributed by atoms with E-state index in [0.29, 0.717) is 36.2 Å². The van der Waals surface area contributed by atoms with Crippen LogP contribution >= 0.6 is 0 Å². The highest BCUT2D eigenvalue weighted by Crippen LogP contribution is 2.35. The number of nitrogens with zero attached hydrogens (tertiary/aromatic N) is 4. The molecule has 1 aromatic carbocycles. The van der Waals surface area contributed by atoms with Crippen molar-refractivity contribution in [1.29, 1.82) is 0 Å². The number of rotatable bonds is 5. The van der Waals surface area contributed by atoms with Crippen LogP contribution in [0.15, 0.2) is 53.2 Å². The van der Waals surface area contributed by atoms with E-state index in [4.69, 9.17) is 9.15 Å². The van der Waals surface area contributed by atoms with Crippen molar-refractivity contribution in [3.8, 4) is 17.2 Å². The second-order valence-corrected chi connectivity index (χ2v) is 6.27. The highest BCUT2D eigenvalue weighted by Gasteiger charge is 2.35. The van der Waals surface area contributed by atoms with Gasteiger partial charge in [0.1, 0.15) is 11.8 Å². The summed E-state index contributed by atoms with van der Waals surface area (Å²) in [6.07, 6.45) is 5.03. The van der Waals surface area contributed by atoms with Gasteiger partial charge in [-0.25, -0.2) is 0 Å². The van der Waals surface area contributed by atoms with Crippen LogP contribution in [0, 0.1) is 0 Å². The molecule has 7 nitrogen and oxygen atoms in total. The van der Waals surface area contributed by atoms with E-state index in [1.807, 2.05) is 37.3 Å². The molecule has 1 saturated heterocycles. The minimum Gasteiger partial charge on any atom is -0.493 e. The van der Waals surface area contributed by atoms with Gasteiger partial charge in [0, 0.05) is 24.5 Å². The number of carbonyl (C=O) groups excluding carboxylic acids is 1. The molecule has 1 aliphatic rings. The fourth-order valence-corrected chi connectivity index (χ4v) is 3.33. The van der Waals surface area contributed by atoms with Crippen molar-refractivity contribution in [2.75, 3.05) is 13.2 Å². The van der Waals surface area contributed by atoms with Crippen LogP contribution in [-0.2, 0) is 0 Å². The molecule has 2 aromatic heterocycles. The monoisotopic (exact) mass is 364 g/mol. The maximum absolute atomic E-state index is 13.2. The van der Waals surface area contributed by atoms with Crippen molar-refractivity contribution in [3.63, 3.8) is 0 Å². The SMILES string of the molecule is CCOc1ccccc1C(=O)N1CCCC1c1nnc(-c2ccncc2)o1. The molecule has 3 aromatic rings. The molecule has 0 spiro atoms. The highest BCUT2D eigenvalue weighted by molar-refractivity contribution is 5.97. The summed E-state index contributed by atoms with van der Waals surface area (Å²) in [4.78, 5) is 18.9. The Bertz CT molecular complexity index is 926. The second kappa shape index (κ2) is 7.57. The Hall–Kier alpha value is -3.22. The van der Waals surface area contributed by atoms with E-state index in [1.54, 1.807) is 23.4 Å². The van der Waals surface area contributed by atoms with E-state index in [2.05, 4.69) is 15.2 Å². The van der Waals surface area contributed by atoms with Crippen LogP contribution in [0.3, 0.4) is 0 Å². The standard InChI is InChI=1S/C20H20N4O3/c1-2-26-17-8-4-3-6-15(17)20(25)24-13-5-7-16(24)19-23-22-18(27-19)14-9-11-21-12-10-14/h3-4,6,8-12,16H,2,5,7,13H2,1H3. The lowest BCUT2D eigenvalue weighted by molar-refractivity contribution is 0.0711. The number of hydrogen-bond acceptors (Lipinski definition) is 6. The number of aromatic nitrogens is 3. The van der Waals surface area contributed by atoms with Crippen molar-refractivity contribution < 1.29 is 13.9 Å². The second-order valence-electron chi connectivity index (χ2n) is 6.27. The number of amides is 1. The summed E-state index contributed by atoms with van der Waals surface area (Å²) in [5.41, 5.74) is 1.36. The molecule has 1 aliphatic heterocycles. The smallest absolute Gasteiger partial charge is 0.258 e. The fraction of sp³-hybridized carbons (Fsp3) is 0.300. The molecule has 0 N–H and O–H groups in total. The number of likely N-dealkylation sites (tertiary alicyclic amines) is 1. The highest BCUT2D eigenvalue weighted by atomic mass is 16.5. The van der Waals surface area contributed by atoms with Crippen LogP contribution in [0.5, 0.6) is 5.75 Å². The minimum absolute atomic E-state index is 0.0785. The molecule has 0 saturated carbocycles. The Kier molecular flexibility index (Phi) is 4.82. The molecular formula is C20H20N4O3. The molecule has 4 rings (SSSR count). The maximum atomic E-state index is 13.2. The molecule has 27 heavy (non-hydrogen) atoms. The Balaban J connectivity index is 1.60. The first-order valence-corrected chi connectivity index (χ1v) is 9.04. The number of carbonyl (C=O) groups is 1. The Morgan fingerprint density at radius 3 is 2.85 bits per heavy atom. The Morgan fingerprint density at radius 1 is 1.22 bits per heavy atom. The zero-order valence-electron chi connectivity index (χ0n) is 15.0. The lowest BCUT2D eigenvalue weighted by atomic mass is 10.1. The van der Waals surface area contributed by atoms with Gasteiger partial charge >= 0.3 is 0 Å². The first-order chi connectivity index (χ1) is 13.3. The van der Waals surface area contributed by atoms with Gasteiger partial charge in [-0.2, -0.15) is 0 Å². The average molecular weight is 364 g/mol. The Labute approximate surface area is 157 Å². The van der Waals surface area contributed by atoms with Gasteiger partial charge in [0.2, 0.25) is 11.8 Å². The summed E-state index contributed by atoms with van der Waals surface area (Å²) in [5, 5.41) is 8.33. The van der Waals surface area contributed by atoms with Crippen LogP contribution in [-0.4, -0.2) is 39.1 Å². The summed E-state index contributed by atoms with van der Waals surface area (Å²) >= 11 is 0. The van der Waals surface area contributed by atoms with E-state index in [-0.39, 0.29) is 11.9 Å². The van der Waals surface area contributed by atoms with Crippen LogP contribution in [0.25, 0.3) is 11.5 Å². The third-order valence-electron chi connectivity index (χ3n) is 4.58. The molecule has 1 unspecified atom stereocenters. The van der Waals surface area contributed by atoms with Crippen molar-refractivity contribution >= 4 is 5.91 Å². The van der Waals surface area contributed by atoms with E-state index < -0.39 is 0 Å². The summed E-state index contributed by atoms with van der Waals surface area (Å²) in [5.74, 6) is 1.41. The third kappa shape index (κ3) is 3.40. The molecule has 0 radical (unpaired) electrons. The van der Waals surface area contributed by atoms with Gasteiger partial charge < -0.3 is 14.1 Å². The molecule has 7 heteroatoms. The fourth-order valence-electron chi connectivity index (χ4n) is 3.33. The zero-order chi connectivity index (χ0) is 18.6. The first-order valence-electron chi connectivity index (χ1n) is 9.04. The lowest BCUT2D eigenvalue weighted by Gasteiger charge is -2.23. The summed E-state index contributed by atoms with van der Waals surface area (Å²) in [6, 6.07) is 10.7. The predicted molar refractivity (Wildman–Crippen MR) is 98.2 cm³/mol. The first kappa shape index (κ1) is 17.2. The Morgan fingerprint density at radius 2 is 2.04 bits per heavy atom. The van der Waals surface area contributed by atoms with E-state index in [1.165, 1.54) is 0 Å². The average Bonchev–Trinajstić information content (AvgIpc) is 3.38. The van der Waals surface area contributed by atoms with E-state index in [0.717, 1.165) is 18.4 Å². The summed E-state index contributed by atoms with van der Waals surface area (Å²) in [7, 11) is 0. The number of pyridine rings is 1. The van der Waals surface area contributed by atoms with Gasteiger partial charge in [0.25, 0.3) is 5.91 Å². The summed E-state index contributed by atoms with van der Waals surface area (Å²) in [6.45, 7) is 3.06. The number of ether oxygens (including phenoxy) is 1. The van der Waals surface area contributed by atoms with E-state index in [9.17, 15) is 4.79 Å². The predicted octanol–water partition coefficient (Wildman–Crippen LogP) is 3.51. The van der Waals surface area contributed by atoms with Crippen LogP contribution in [0.1, 0.15) is 42.1 Å². The zero-order valence-corrected chi connectivity index (χ0v) is 15.0. The van der Waals surface area contributed by atoms with Crippen LogP contribution < -0.4 is 4.74 Å². The van der Waals surface area contributed by atoms with Gasteiger partial charge in [-0.15, -0.1) is 10.2 Å². The maximum Gasteiger partial charge on any atom is 0.258 e. The molecule has 1 amide bonds. The van der Waals surface area contributed by atoms with Gasteiger partial charge in [-0.05, 0) is 44.0 Å². The van der Waals surface area contributed by atoms with Crippen LogP contribution in [0.2, 0.25) is 0 Å². The molecular weight excluding hydrogens is 344 g/mol. The van der Waals surface area contributed by atoms with Crippen molar-refractivity contribution in [3.05, 3.63) is 60.2 Å². The van der Waals surface area contributed by atoms with Crippen molar-refractivity contribution in [1.82, 2.24) is 20.1 Å². The summed E-state index contributed by atoms with van der Waals surface area (Å²) < 4.78 is 11.5. The molecule has 3 heterocycles. The normalized spacial score (nSPS) is 16.5. The quantitative estimate of drug-likeness (QED) is 0.689. The van der Waals surface area contributed by atoms with Crippen LogP contribution in [0.4, 0.5) is 0 Å². The van der Waals surface area contributed by atoms with Gasteiger partial charge in [-0.1, -0.05) is 12.1 Å². The van der Waals surface area contributed by atoms with Gasteiger partial charge in [0.05, 0.1) is 12.2 Å². The molecule has 138 valence electrons. The molecule has 0 aliphatic carbocycles. The molecule has 1 fully saturated rings. The van der Waals surface area contributed by atoms with Crippen molar-refractivity contribution in [2.24, 2.45) is 0 Å². The minimum atomic E-state index is -0.227. The van der Waals surface area contributed by atoms with Gasteiger partial charge in [-0.3, -0.25) is 9.78 Å². The number of para-hydroxylation sites is 1. The largest absolute Gasteiger partial charge is 0.493 e. The number of benzene rings is 1.